The number of hydrogen-bond donors (Lipinski definition) is 2. The second kappa shape index (κ2) is 9.40. The van der Waals surface area contributed by atoms with Crippen molar-refractivity contribution in [3.05, 3.63) is 21.9 Å². The molecule has 3 rings (SSSR count). The van der Waals surface area contributed by atoms with E-state index < -0.39 is 12.3 Å². The summed E-state index contributed by atoms with van der Waals surface area (Å²) in [6.07, 6.45) is -0.589. The minimum atomic E-state index is -0.660. The lowest BCUT2D eigenvalue weighted by molar-refractivity contribution is -0.153. The molecule has 2 heterocycles. The maximum absolute atomic E-state index is 12.6. The molecule has 2 aliphatic heterocycles. The van der Waals surface area contributed by atoms with E-state index in [0.717, 1.165) is 9.79 Å². The maximum Gasteiger partial charge on any atom is 0.346 e. The van der Waals surface area contributed by atoms with E-state index in [4.69, 9.17) is 14.2 Å². The Morgan fingerprint density at radius 1 is 1.17 bits per heavy atom. The van der Waals surface area contributed by atoms with Crippen molar-refractivity contribution in [2.75, 3.05) is 27.5 Å². The standard InChI is InChI=1S/C19H25N3O5S2/c1-10(2)26-13-7-6-12(25-9-22(4)5)15-16(13)29-18(28-15)14(11(3)23)17(24)27-19-20-8-21-19/h6-7,10,19-21H,8-9H2,1-5H3/b18-14+. The molecule has 158 valence electrons. The van der Waals surface area contributed by atoms with Crippen LogP contribution in [0.5, 0.6) is 11.5 Å². The average molecular weight is 440 g/mol. The zero-order valence-electron chi connectivity index (χ0n) is 17.0. The van der Waals surface area contributed by atoms with Gasteiger partial charge in [0.25, 0.3) is 0 Å². The fraction of sp³-hybridized carbons (Fsp3) is 0.474. The molecule has 0 aromatic heterocycles. The van der Waals surface area contributed by atoms with E-state index >= 15 is 0 Å². The van der Waals surface area contributed by atoms with Crippen molar-refractivity contribution in [1.29, 1.82) is 0 Å². The number of carbonyl (C=O) groups excluding carboxylic acids is 2. The zero-order chi connectivity index (χ0) is 21.1. The van der Waals surface area contributed by atoms with Gasteiger partial charge in [-0.2, -0.15) is 0 Å². The van der Waals surface area contributed by atoms with E-state index in [2.05, 4.69) is 10.6 Å². The average Bonchev–Trinajstić information content (AvgIpc) is 3.01. The molecule has 0 atom stereocenters. The van der Waals surface area contributed by atoms with Crippen molar-refractivity contribution in [2.45, 2.75) is 43.0 Å². The number of esters is 1. The molecular weight excluding hydrogens is 414 g/mol. The lowest BCUT2D eigenvalue weighted by Gasteiger charge is -2.28. The zero-order valence-corrected chi connectivity index (χ0v) is 18.7. The van der Waals surface area contributed by atoms with E-state index in [0.29, 0.717) is 29.1 Å². The Balaban J connectivity index is 1.95. The molecule has 1 aromatic carbocycles. The van der Waals surface area contributed by atoms with Gasteiger partial charge in [0, 0.05) is 0 Å². The number of fused-ring (bicyclic) bond motifs is 1. The van der Waals surface area contributed by atoms with Gasteiger partial charge in [0.1, 0.15) is 23.8 Å². The van der Waals surface area contributed by atoms with Gasteiger partial charge in [0.05, 0.1) is 26.8 Å². The van der Waals surface area contributed by atoms with Gasteiger partial charge in [-0.05, 0) is 47.0 Å². The fourth-order valence-electron chi connectivity index (χ4n) is 2.49. The van der Waals surface area contributed by atoms with Crippen LogP contribution in [0.1, 0.15) is 20.8 Å². The van der Waals surface area contributed by atoms with Gasteiger partial charge in [0.15, 0.2) is 5.78 Å². The minimum absolute atomic E-state index is 0.0146. The van der Waals surface area contributed by atoms with E-state index in [1.54, 1.807) is 0 Å². The SMILES string of the molecule is CC(=O)/C(C(=O)OC1NCN1)=C1/Sc2c(OCN(C)C)ccc(OC(C)C)c2S1. The van der Waals surface area contributed by atoms with Crippen molar-refractivity contribution in [3.8, 4) is 11.5 Å². The third kappa shape index (κ3) is 5.26. The highest BCUT2D eigenvalue weighted by molar-refractivity contribution is 8.25. The molecule has 1 saturated heterocycles. The quantitative estimate of drug-likeness (QED) is 0.207. The molecule has 1 aromatic rings. The molecule has 10 heteroatoms. The number of ketones is 1. The van der Waals surface area contributed by atoms with Gasteiger partial charge in [0.2, 0.25) is 6.35 Å². The molecule has 29 heavy (non-hydrogen) atoms. The monoisotopic (exact) mass is 439 g/mol. The molecule has 0 radical (unpaired) electrons. The maximum atomic E-state index is 12.6. The van der Waals surface area contributed by atoms with Gasteiger partial charge in [-0.1, -0.05) is 23.5 Å². The third-order valence-electron chi connectivity index (χ3n) is 3.83. The number of ether oxygens (including phenoxy) is 3. The number of hydrogen-bond acceptors (Lipinski definition) is 10. The predicted octanol–water partition coefficient (Wildman–Crippen LogP) is 2.35. The van der Waals surface area contributed by atoms with E-state index in [9.17, 15) is 9.59 Å². The Morgan fingerprint density at radius 2 is 1.79 bits per heavy atom. The summed E-state index contributed by atoms with van der Waals surface area (Å²) in [5.41, 5.74) is 0.0285. The molecule has 0 unspecified atom stereocenters. The first-order chi connectivity index (χ1) is 13.8. The van der Waals surface area contributed by atoms with Gasteiger partial charge in [-0.15, -0.1) is 0 Å². The minimum Gasteiger partial charge on any atom is -0.490 e. The van der Waals surface area contributed by atoms with E-state index in [1.165, 1.54) is 30.4 Å². The summed E-state index contributed by atoms with van der Waals surface area (Å²) in [6, 6.07) is 3.71. The molecule has 2 aliphatic rings. The lowest BCUT2D eigenvalue weighted by Crippen LogP contribution is -2.60. The van der Waals surface area contributed by atoms with Crippen molar-refractivity contribution in [1.82, 2.24) is 15.5 Å². The summed E-state index contributed by atoms with van der Waals surface area (Å²) < 4.78 is 17.7. The summed E-state index contributed by atoms with van der Waals surface area (Å²) in [5, 5.41) is 5.80. The van der Waals surface area contributed by atoms with Crippen LogP contribution in [0.15, 0.2) is 31.7 Å². The molecule has 0 aliphatic carbocycles. The molecular formula is C19H25N3O5S2. The van der Waals surface area contributed by atoms with Crippen LogP contribution in [0.2, 0.25) is 0 Å². The Bertz CT molecular complexity index is 837. The highest BCUT2D eigenvalue weighted by atomic mass is 32.2. The highest BCUT2D eigenvalue weighted by Crippen LogP contribution is 2.59. The summed E-state index contributed by atoms with van der Waals surface area (Å²) >= 11 is 2.66. The number of rotatable bonds is 8. The van der Waals surface area contributed by atoms with Crippen molar-refractivity contribution in [3.63, 3.8) is 0 Å². The van der Waals surface area contributed by atoms with Gasteiger partial charge in [-0.25, -0.2) is 4.79 Å². The molecule has 2 N–H and O–H groups in total. The van der Waals surface area contributed by atoms with Crippen molar-refractivity contribution in [2.24, 2.45) is 0 Å². The van der Waals surface area contributed by atoms with Crippen LogP contribution >= 0.6 is 23.5 Å². The molecule has 1 fully saturated rings. The smallest absolute Gasteiger partial charge is 0.346 e. The highest BCUT2D eigenvalue weighted by Gasteiger charge is 2.34. The summed E-state index contributed by atoms with van der Waals surface area (Å²) in [5.74, 6) is 0.362. The van der Waals surface area contributed by atoms with Crippen LogP contribution in [0, 0.1) is 0 Å². The topological polar surface area (TPSA) is 89.1 Å². The Morgan fingerprint density at radius 3 is 2.31 bits per heavy atom. The molecule has 0 amide bonds. The molecule has 0 bridgehead atoms. The summed E-state index contributed by atoms with van der Waals surface area (Å²) in [6.45, 7) is 6.22. The summed E-state index contributed by atoms with van der Waals surface area (Å²) in [7, 11) is 3.83. The second-order valence-electron chi connectivity index (χ2n) is 7.03. The lowest BCUT2D eigenvalue weighted by atomic mass is 10.2. The number of nitrogens with zero attached hydrogens (tertiary/aromatic N) is 1. The van der Waals surface area contributed by atoms with E-state index in [-0.39, 0.29) is 17.5 Å². The third-order valence-corrected chi connectivity index (χ3v) is 6.46. The van der Waals surface area contributed by atoms with Crippen LogP contribution in [0.3, 0.4) is 0 Å². The van der Waals surface area contributed by atoms with Gasteiger partial charge in [-0.3, -0.25) is 20.3 Å². The Hall–Kier alpha value is -1.72. The fourth-order valence-corrected chi connectivity index (χ4v) is 5.27. The van der Waals surface area contributed by atoms with Crippen LogP contribution in [0.4, 0.5) is 0 Å². The first-order valence-corrected chi connectivity index (χ1v) is 10.8. The van der Waals surface area contributed by atoms with Crippen LogP contribution in [-0.2, 0) is 14.3 Å². The van der Waals surface area contributed by atoms with E-state index in [1.807, 2.05) is 45.0 Å². The first-order valence-electron chi connectivity index (χ1n) is 9.16. The molecule has 0 saturated carbocycles. The summed E-state index contributed by atoms with van der Waals surface area (Å²) in [4.78, 5) is 28.5. The second-order valence-corrected chi connectivity index (χ2v) is 9.33. The normalized spacial score (nSPS) is 17.8. The number of thioether (sulfide) groups is 2. The number of benzene rings is 1. The molecule has 8 nitrogen and oxygen atoms in total. The van der Waals surface area contributed by atoms with Crippen LogP contribution < -0.4 is 20.1 Å². The number of carbonyl (C=O) groups is 2. The first kappa shape index (κ1) is 22.0. The largest absolute Gasteiger partial charge is 0.490 e. The number of nitrogens with one attached hydrogen (secondary N) is 2. The van der Waals surface area contributed by atoms with Crippen LogP contribution in [-0.4, -0.2) is 56.6 Å². The Kier molecular flexibility index (Phi) is 7.12. The van der Waals surface area contributed by atoms with Crippen LogP contribution in [0.25, 0.3) is 0 Å². The predicted molar refractivity (Wildman–Crippen MR) is 112 cm³/mol. The number of Topliss-reactive ketones (excluding diaryl/α,β-unsaturated/α-hetero) is 1. The van der Waals surface area contributed by atoms with Crippen molar-refractivity contribution >= 4 is 35.3 Å². The van der Waals surface area contributed by atoms with Crippen molar-refractivity contribution < 1.29 is 23.8 Å². The Labute approximate surface area is 178 Å². The van der Waals surface area contributed by atoms with Gasteiger partial charge >= 0.3 is 5.97 Å². The molecule has 0 spiro atoms. The van der Waals surface area contributed by atoms with Gasteiger partial charge < -0.3 is 14.2 Å².